The van der Waals surface area contributed by atoms with Crippen molar-refractivity contribution in [1.29, 1.82) is 0 Å². The molecule has 0 spiro atoms. The summed E-state index contributed by atoms with van der Waals surface area (Å²) in [6.07, 6.45) is 0. The maximum atomic E-state index is 11.2. The van der Waals surface area contributed by atoms with Gasteiger partial charge in [-0.15, -0.1) is 10.2 Å². The van der Waals surface area contributed by atoms with Crippen molar-refractivity contribution in [2.45, 2.75) is 33.6 Å². The third-order valence-electron chi connectivity index (χ3n) is 6.64. The van der Waals surface area contributed by atoms with E-state index >= 15 is 0 Å². The number of methoxy groups -OCH3 is 1. The Bertz CT molecular complexity index is 1600. The first-order valence-electron chi connectivity index (χ1n) is 13.4. The van der Waals surface area contributed by atoms with Crippen molar-refractivity contribution < 1.29 is 23.8 Å². The first-order valence-corrected chi connectivity index (χ1v) is 13.4. The van der Waals surface area contributed by atoms with Crippen molar-refractivity contribution in [2.75, 3.05) is 7.11 Å². The van der Waals surface area contributed by atoms with Gasteiger partial charge in [-0.1, -0.05) is 78.9 Å². The van der Waals surface area contributed by atoms with Gasteiger partial charge in [0.2, 0.25) is 5.82 Å². The molecular formula is C33H30N4O5. The van der Waals surface area contributed by atoms with Gasteiger partial charge in [0, 0.05) is 19.4 Å². The monoisotopic (exact) mass is 562 g/mol. The second kappa shape index (κ2) is 12.9. The Hall–Kier alpha value is -5.31. The van der Waals surface area contributed by atoms with Gasteiger partial charge in [-0.2, -0.15) is 4.80 Å². The lowest BCUT2D eigenvalue weighted by Gasteiger charge is -2.14. The summed E-state index contributed by atoms with van der Waals surface area (Å²) < 4.78 is 15.5. The summed E-state index contributed by atoms with van der Waals surface area (Å²) >= 11 is 0. The Morgan fingerprint density at radius 2 is 1.19 bits per heavy atom. The largest absolute Gasteiger partial charge is 0.497 e. The molecule has 0 N–H and O–H groups in total. The fourth-order valence-corrected chi connectivity index (χ4v) is 4.51. The van der Waals surface area contributed by atoms with Gasteiger partial charge in [0.25, 0.3) is 0 Å². The first kappa shape index (κ1) is 28.2. The minimum absolute atomic E-state index is 0.212. The van der Waals surface area contributed by atoms with Crippen molar-refractivity contribution >= 4 is 11.9 Å². The molecule has 1 aromatic heterocycles. The molecule has 9 nitrogen and oxygen atoms in total. The Morgan fingerprint density at radius 1 is 0.690 bits per heavy atom. The first-order chi connectivity index (χ1) is 20.4. The lowest BCUT2D eigenvalue weighted by atomic mass is 9.91. The molecule has 9 heteroatoms. The van der Waals surface area contributed by atoms with Crippen molar-refractivity contribution in [1.82, 2.24) is 20.2 Å². The minimum atomic E-state index is -0.322. The third kappa shape index (κ3) is 6.87. The summed E-state index contributed by atoms with van der Waals surface area (Å²) in [5.74, 6) is 0.623. The minimum Gasteiger partial charge on any atom is -0.497 e. The van der Waals surface area contributed by atoms with Crippen LogP contribution in [0.3, 0.4) is 0 Å². The molecule has 4 aromatic carbocycles. The molecule has 0 radical (unpaired) electrons. The summed E-state index contributed by atoms with van der Waals surface area (Å²) in [7, 11) is 1.64. The molecular weight excluding hydrogens is 532 g/mol. The molecule has 0 fully saturated rings. The van der Waals surface area contributed by atoms with Gasteiger partial charge in [-0.25, -0.2) is 0 Å². The van der Waals surface area contributed by atoms with Crippen LogP contribution < -0.4 is 4.74 Å². The number of hydrogen-bond acceptors (Lipinski definition) is 8. The number of rotatable bonds is 10. The van der Waals surface area contributed by atoms with Crippen LogP contribution in [0.5, 0.6) is 5.75 Å². The van der Waals surface area contributed by atoms with E-state index in [4.69, 9.17) is 19.3 Å². The second-order valence-electron chi connectivity index (χ2n) is 9.67. The van der Waals surface area contributed by atoms with Gasteiger partial charge in [0.15, 0.2) is 0 Å². The Kier molecular flexibility index (Phi) is 8.67. The third-order valence-corrected chi connectivity index (χ3v) is 6.64. The zero-order valence-corrected chi connectivity index (χ0v) is 23.6. The SMILES string of the molecule is COc1ccc(Cn2nnc(-c3c(-c4ccc(COC(C)=O)cc4)cccc3-c3ccc(COC(C)=O)cc3)n2)cc1. The van der Waals surface area contributed by atoms with Crippen LogP contribution in [-0.4, -0.2) is 39.3 Å². The Balaban J connectivity index is 1.53. The topological polar surface area (TPSA) is 105 Å². The fraction of sp³-hybridized carbons (Fsp3) is 0.182. The Morgan fingerprint density at radius 3 is 1.67 bits per heavy atom. The highest BCUT2D eigenvalue weighted by Crippen LogP contribution is 2.38. The van der Waals surface area contributed by atoms with Gasteiger partial charge in [0.05, 0.1) is 13.7 Å². The van der Waals surface area contributed by atoms with Crippen LogP contribution in [0.2, 0.25) is 0 Å². The molecule has 0 unspecified atom stereocenters. The molecule has 0 saturated carbocycles. The van der Waals surface area contributed by atoms with Gasteiger partial charge in [-0.3, -0.25) is 9.59 Å². The number of hydrogen-bond donors (Lipinski definition) is 0. The lowest BCUT2D eigenvalue weighted by molar-refractivity contribution is -0.143. The number of aromatic nitrogens is 4. The van der Waals surface area contributed by atoms with Crippen molar-refractivity contribution in [3.05, 3.63) is 108 Å². The molecule has 0 amide bonds. The normalized spacial score (nSPS) is 10.7. The second-order valence-corrected chi connectivity index (χ2v) is 9.67. The molecule has 0 aliphatic heterocycles. The quantitative estimate of drug-likeness (QED) is 0.195. The van der Waals surface area contributed by atoms with E-state index in [1.807, 2.05) is 91.0 Å². The van der Waals surface area contributed by atoms with Crippen LogP contribution in [-0.2, 0) is 38.8 Å². The molecule has 0 bridgehead atoms. The molecule has 5 aromatic rings. The van der Waals surface area contributed by atoms with E-state index in [1.165, 1.54) is 13.8 Å². The van der Waals surface area contributed by atoms with E-state index in [9.17, 15) is 9.59 Å². The van der Waals surface area contributed by atoms with Crippen LogP contribution in [0, 0.1) is 0 Å². The van der Waals surface area contributed by atoms with E-state index in [1.54, 1.807) is 11.9 Å². The van der Waals surface area contributed by atoms with E-state index in [0.717, 1.165) is 50.3 Å². The molecule has 42 heavy (non-hydrogen) atoms. The molecule has 1 heterocycles. The Labute approximate surface area is 243 Å². The van der Waals surface area contributed by atoms with Crippen molar-refractivity contribution in [3.63, 3.8) is 0 Å². The highest BCUT2D eigenvalue weighted by atomic mass is 16.5. The molecule has 0 aliphatic carbocycles. The lowest BCUT2D eigenvalue weighted by Crippen LogP contribution is -2.04. The summed E-state index contributed by atoms with van der Waals surface area (Å²) in [5, 5.41) is 13.6. The van der Waals surface area contributed by atoms with Gasteiger partial charge < -0.3 is 14.2 Å². The summed E-state index contributed by atoms with van der Waals surface area (Å²) in [6.45, 7) is 3.66. The number of carbonyl (C=O) groups is 2. The van der Waals surface area contributed by atoms with Crippen molar-refractivity contribution in [2.24, 2.45) is 0 Å². The van der Waals surface area contributed by atoms with Crippen LogP contribution in [0.1, 0.15) is 30.5 Å². The number of benzene rings is 4. The van der Waals surface area contributed by atoms with Gasteiger partial charge in [0.1, 0.15) is 19.0 Å². The number of tetrazole rings is 1. The number of carbonyl (C=O) groups excluding carboxylic acids is 2. The zero-order chi connectivity index (χ0) is 29.5. The number of nitrogens with zero attached hydrogens (tertiary/aromatic N) is 4. The maximum absolute atomic E-state index is 11.2. The summed E-state index contributed by atoms with van der Waals surface area (Å²) in [6, 6.07) is 29.5. The van der Waals surface area contributed by atoms with Gasteiger partial charge >= 0.3 is 11.9 Å². The van der Waals surface area contributed by atoms with Crippen LogP contribution in [0.4, 0.5) is 0 Å². The van der Waals surface area contributed by atoms with Gasteiger partial charge in [-0.05, 0) is 56.3 Å². The number of ether oxygens (including phenoxy) is 3. The smallest absolute Gasteiger partial charge is 0.302 e. The van der Waals surface area contributed by atoms with E-state index in [2.05, 4.69) is 10.3 Å². The van der Waals surface area contributed by atoms with Crippen LogP contribution in [0.25, 0.3) is 33.6 Å². The predicted molar refractivity (Wildman–Crippen MR) is 157 cm³/mol. The maximum Gasteiger partial charge on any atom is 0.302 e. The highest BCUT2D eigenvalue weighted by Gasteiger charge is 2.19. The van der Waals surface area contributed by atoms with Crippen LogP contribution >= 0.6 is 0 Å². The van der Waals surface area contributed by atoms with E-state index in [-0.39, 0.29) is 25.2 Å². The number of esters is 2. The van der Waals surface area contributed by atoms with Crippen LogP contribution in [0.15, 0.2) is 91.0 Å². The van der Waals surface area contributed by atoms with E-state index < -0.39 is 0 Å². The van der Waals surface area contributed by atoms with Crippen molar-refractivity contribution in [3.8, 4) is 39.4 Å². The standard InChI is InChI=1S/C33H30N4O5/c1-22(38)41-20-25-7-13-27(14-8-25)30-5-4-6-31(28-15-9-26(10-16-28)21-42-23(2)39)32(30)33-34-36-37(35-33)19-24-11-17-29(40-3)18-12-24/h4-18H,19-21H2,1-3H3. The highest BCUT2D eigenvalue weighted by molar-refractivity contribution is 5.92. The summed E-state index contributed by atoms with van der Waals surface area (Å²) in [5.41, 5.74) is 7.39. The molecule has 0 aliphatic rings. The van der Waals surface area contributed by atoms with E-state index in [0.29, 0.717) is 12.4 Å². The molecule has 212 valence electrons. The summed E-state index contributed by atoms with van der Waals surface area (Å²) in [4.78, 5) is 24.1. The zero-order valence-electron chi connectivity index (χ0n) is 23.6. The average Bonchev–Trinajstić information content (AvgIpc) is 3.47. The molecule has 0 saturated heterocycles. The fourth-order valence-electron chi connectivity index (χ4n) is 4.51. The average molecular weight is 563 g/mol. The molecule has 5 rings (SSSR count). The predicted octanol–water partition coefficient (Wildman–Crippen LogP) is 5.86. The molecule has 0 atom stereocenters.